The van der Waals surface area contributed by atoms with E-state index in [1.807, 2.05) is 0 Å². The molecule has 1 aliphatic carbocycles. The smallest absolute Gasteiger partial charge is 0.203 e. The summed E-state index contributed by atoms with van der Waals surface area (Å²) in [5.41, 5.74) is 7.89. The number of imidazole rings is 1. The molecule has 0 saturated heterocycles. The molecule has 33 heavy (non-hydrogen) atoms. The van der Waals surface area contributed by atoms with Crippen molar-refractivity contribution in [1.29, 1.82) is 5.41 Å². The van der Waals surface area contributed by atoms with Gasteiger partial charge in [-0.05, 0) is 62.3 Å². The summed E-state index contributed by atoms with van der Waals surface area (Å²) in [6, 6.07) is 26.3. The molecule has 0 bridgehead atoms. The highest BCUT2D eigenvalue weighted by atomic mass is 16.5. The van der Waals surface area contributed by atoms with Crippen LogP contribution < -0.4 is 5.62 Å². The average molecular weight is 440 g/mol. The van der Waals surface area contributed by atoms with Crippen molar-refractivity contribution in [3.63, 3.8) is 0 Å². The predicted octanol–water partition coefficient (Wildman–Crippen LogP) is 5.97. The summed E-state index contributed by atoms with van der Waals surface area (Å²) in [4.78, 5) is 0. The lowest BCUT2D eigenvalue weighted by molar-refractivity contribution is 0.154. The van der Waals surface area contributed by atoms with E-state index in [0.717, 1.165) is 17.5 Å². The van der Waals surface area contributed by atoms with Gasteiger partial charge in [-0.3, -0.25) is 5.41 Å². The number of hydrogen-bond donors (Lipinski definition) is 1. The lowest BCUT2D eigenvalue weighted by Gasteiger charge is -2.22. The summed E-state index contributed by atoms with van der Waals surface area (Å²) in [6.45, 7) is 4.81. The van der Waals surface area contributed by atoms with E-state index in [9.17, 15) is 5.41 Å². The second-order valence-electron chi connectivity index (χ2n) is 9.54. The minimum absolute atomic E-state index is 0.0502. The van der Waals surface area contributed by atoms with Crippen LogP contribution in [0.15, 0.2) is 72.8 Å². The van der Waals surface area contributed by atoms with Gasteiger partial charge in [-0.2, -0.15) is 0 Å². The molecule has 1 N–H and O–H groups in total. The van der Waals surface area contributed by atoms with Crippen molar-refractivity contribution in [3.05, 3.63) is 101 Å². The van der Waals surface area contributed by atoms with Gasteiger partial charge in [-0.25, -0.2) is 0 Å². The van der Waals surface area contributed by atoms with E-state index in [1.165, 1.54) is 35.1 Å². The molecule has 4 aromatic rings. The van der Waals surface area contributed by atoms with Crippen molar-refractivity contribution in [2.24, 2.45) is 5.92 Å². The molecule has 5 rings (SSSR count). The summed E-state index contributed by atoms with van der Waals surface area (Å²) < 4.78 is 10.1. The van der Waals surface area contributed by atoms with E-state index in [2.05, 4.69) is 95.8 Å². The number of aromatic nitrogens is 2. The summed E-state index contributed by atoms with van der Waals surface area (Å²) in [6.07, 6.45) is 3.27. The van der Waals surface area contributed by atoms with Crippen LogP contribution in [0.3, 0.4) is 0 Å². The molecular weight excluding hydrogens is 406 g/mol. The molecule has 4 nitrogen and oxygen atoms in total. The third kappa shape index (κ3) is 4.28. The quantitative estimate of drug-likeness (QED) is 0.361. The lowest BCUT2D eigenvalue weighted by Crippen LogP contribution is -2.33. The van der Waals surface area contributed by atoms with Crippen molar-refractivity contribution in [3.8, 4) is 0 Å². The number of rotatable bonds is 8. The van der Waals surface area contributed by atoms with Gasteiger partial charge in [0.25, 0.3) is 0 Å². The lowest BCUT2D eigenvalue weighted by atomic mass is 10.0. The van der Waals surface area contributed by atoms with E-state index < -0.39 is 0 Å². The van der Waals surface area contributed by atoms with Gasteiger partial charge >= 0.3 is 0 Å². The minimum Gasteiger partial charge on any atom is -0.383 e. The van der Waals surface area contributed by atoms with Crippen molar-refractivity contribution in [1.82, 2.24) is 9.13 Å². The summed E-state index contributed by atoms with van der Waals surface area (Å²) in [7, 11) is 1.75. The normalized spacial score (nSPS) is 15.6. The third-order valence-corrected chi connectivity index (χ3v) is 6.94. The van der Waals surface area contributed by atoms with Gasteiger partial charge in [0.15, 0.2) is 0 Å². The van der Waals surface area contributed by atoms with Gasteiger partial charge in [0.2, 0.25) is 5.62 Å². The zero-order valence-electron chi connectivity index (χ0n) is 19.8. The summed E-state index contributed by atoms with van der Waals surface area (Å²) in [5.74, 6) is 0.582. The number of aryl methyl sites for hydroxylation is 2. The molecule has 0 radical (unpaired) electrons. The molecule has 0 amide bonds. The van der Waals surface area contributed by atoms with Crippen LogP contribution in [-0.4, -0.2) is 22.9 Å². The molecule has 1 heterocycles. The highest BCUT2D eigenvalue weighted by Gasteiger charge is 2.36. The van der Waals surface area contributed by atoms with Crippen LogP contribution in [0.5, 0.6) is 0 Å². The second-order valence-corrected chi connectivity index (χ2v) is 9.54. The Kier molecular flexibility index (Phi) is 5.94. The molecule has 1 aliphatic rings. The molecular formula is C29H33N3O. The molecule has 0 aliphatic heterocycles. The number of hydrogen-bond acceptors (Lipinski definition) is 2. The highest BCUT2D eigenvalue weighted by molar-refractivity contribution is 5.76. The average Bonchev–Trinajstić information content (AvgIpc) is 3.61. The first-order valence-electron chi connectivity index (χ1n) is 11.9. The number of benzene rings is 3. The van der Waals surface area contributed by atoms with Crippen molar-refractivity contribution in [2.75, 3.05) is 13.7 Å². The molecule has 1 aromatic heterocycles. The Morgan fingerprint density at radius 2 is 1.42 bits per heavy atom. The van der Waals surface area contributed by atoms with Crippen molar-refractivity contribution >= 4 is 11.0 Å². The van der Waals surface area contributed by atoms with Gasteiger partial charge in [0, 0.05) is 7.11 Å². The second kappa shape index (κ2) is 9.03. The van der Waals surface area contributed by atoms with E-state index in [0.29, 0.717) is 18.1 Å². The zero-order valence-corrected chi connectivity index (χ0v) is 19.8. The number of nitrogens with one attached hydrogen (secondary N) is 1. The van der Waals surface area contributed by atoms with Crippen molar-refractivity contribution in [2.45, 2.75) is 45.2 Å². The van der Waals surface area contributed by atoms with Crippen molar-refractivity contribution < 1.29 is 4.74 Å². The number of methoxy groups -OCH3 is 1. The van der Waals surface area contributed by atoms with Crippen LogP contribution in [0.4, 0.5) is 0 Å². The Morgan fingerprint density at radius 1 is 0.848 bits per heavy atom. The van der Waals surface area contributed by atoms with Crippen LogP contribution in [0.2, 0.25) is 0 Å². The van der Waals surface area contributed by atoms with Gasteiger partial charge < -0.3 is 13.9 Å². The number of ether oxygens (including phenoxy) is 1. The van der Waals surface area contributed by atoms with Gasteiger partial charge in [0.05, 0.1) is 29.7 Å². The Morgan fingerprint density at radius 3 is 2.00 bits per heavy atom. The fourth-order valence-electron chi connectivity index (χ4n) is 5.09. The first-order chi connectivity index (χ1) is 16.1. The monoisotopic (exact) mass is 439 g/mol. The maximum absolute atomic E-state index is 9.40. The molecule has 1 fully saturated rings. The van der Waals surface area contributed by atoms with Crippen LogP contribution in [0.25, 0.3) is 11.0 Å². The number of para-hydroxylation sites is 2. The predicted molar refractivity (Wildman–Crippen MR) is 134 cm³/mol. The van der Waals surface area contributed by atoms with E-state index in [1.54, 1.807) is 7.11 Å². The largest absolute Gasteiger partial charge is 0.383 e. The maximum Gasteiger partial charge on any atom is 0.203 e. The molecule has 3 aromatic carbocycles. The van der Waals surface area contributed by atoms with Crippen LogP contribution in [0, 0.1) is 25.2 Å². The Bertz CT molecular complexity index is 1290. The SMILES string of the molecule is COCC(Cc1ccc(C)cc1)n1c(=N)n(C(c2ccc(C)cc2)C2CC2)c2ccccc21. The van der Waals surface area contributed by atoms with E-state index in [4.69, 9.17) is 4.74 Å². The Balaban J connectivity index is 1.65. The van der Waals surface area contributed by atoms with Crippen LogP contribution >= 0.6 is 0 Å². The highest BCUT2D eigenvalue weighted by Crippen LogP contribution is 2.44. The van der Waals surface area contributed by atoms with Gasteiger partial charge in [-0.1, -0.05) is 71.8 Å². The van der Waals surface area contributed by atoms with E-state index in [-0.39, 0.29) is 12.1 Å². The van der Waals surface area contributed by atoms with Crippen LogP contribution in [0.1, 0.15) is 47.2 Å². The Labute approximate surface area is 196 Å². The van der Waals surface area contributed by atoms with Crippen LogP contribution in [-0.2, 0) is 11.2 Å². The fourth-order valence-corrected chi connectivity index (χ4v) is 5.09. The van der Waals surface area contributed by atoms with Gasteiger partial charge in [0.1, 0.15) is 0 Å². The zero-order chi connectivity index (χ0) is 22.9. The molecule has 2 unspecified atom stereocenters. The molecule has 1 saturated carbocycles. The molecule has 2 atom stereocenters. The summed E-state index contributed by atoms with van der Waals surface area (Å²) >= 11 is 0. The first-order valence-corrected chi connectivity index (χ1v) is 11.9. The molecule has 4 heteroatoms. The molecule has 170 valence electrons. The standard InChI is InChI=1S/C29H33N3O/c1-20-8-12-22(13-9-20)18-25(19-33-3)31-26-6-4-5-7-27(26)32(29(31)30)28(24-16-17-24)23-14-10-21(2)11-15-23/h4-15,24-25,28,30H,16-19H2,1-3H3. The van der Waals surface area contributed by atoms with E-state index >= 15 is 0 Å². The first kappa shape index (κ1) is 21.7. The third-order valence-electron chi connectivity index (χ3n) is 6.94. The topological polar surface area (TPSA) is 42.9 Å². The fraction of sp³-hybridized carbons (Fsp3) is 0.345. The summed E-state index contributed by atoms with van der Waals surface area (Å²) in [5, 5.41) is 9.40. The molecule has 0 spiro atoms. The number of nitrogens with zero attached hydrogens (tertiary/aromatic N) is 2. The minimum atomic E-state index is 0.0502. The Hall–Kier alpha value is -3.11. The number of fused-ring (bicyclic) bond motifs is 1. The maximum atomic E-state index is 9.40. The van der Waals surface area contributed by atoms with Gasteiger partial charge in [-0.15, -0.1) is 0 Å².